The van der Waals surface area contributed by atoms with Crippen molar-refractivity contribution < 1.29 is 4.74 Å². The van der Waals surface area contributed by atoms with E-state index in [4.69, 9.17) is 17.0 Å². The first-order valence-corrected chi connectivity index (χ1v) is 12.3. The van der Waals surface area contributed by atoms with Crippen molar-refractivity contribution in [3.05, 3.63) is 75.6 Å². The van der Waals surface area contributed by atoms with Crippen molar-refractivity contribution in [3.8, 4) is 5.75 Å². The lowest BCUT2D eigenvalue weighted by Gasteiger charge is -2.31. The predicted octanol–water partition coefficient (Wildman–Crippen LogP) is 5.31. The van der Waals surface area contributed by atoms with Crippen LogP contribution in [0.1, 0.15) is 55.7 Å². The topological polar surface area (TPSA) is 57.4 Å². The van der Waals surface area contributed by atoms with E-state index in [1.165, 1.54) is 24.8 Å². The van der Waals surface area contributed by atoms with E-state index in [0.29, 0.717) is 24.2 Å². The van der Waals surface area contributed by atoms with E-state index in [2.05, 4.69) is 34.3 Å². The van der Waals surface area contributed by atoms with E-state index < -0.39 is 0 Å². The average Bonchev–Trinajstić information content (AvgIpc) is 2.84. The van der Waals surface area contributed by atoms with E-state index >= 15 is 0 Å². The molecule has 1 aliphatic carbocycles. The molecule has 6 heteroatoms. The van der Waals surface area contributed by atoms with Crippen LogP contribution in [-0.2, 0) is 19.5 Å². The van der Waals surface area contributed by atoms with Crippen LogP contribution >= 0.6 is 12.2 Å². The average molecular weight is 464 g/mol. The molecule has 3 aromatic rings. The fourth-order valence-corrected chi connectivity index (χ4v) is 4.80. The Bertz CT molecular complexity index is 1150. The van der Waals surface area contributed by atoms with Crippen LogP contribution in [0.5, 0.6) is 5.75 Å². The Morgan fingerprint density at radius 3 is 2.48 bits per heavy atom. The van der Waals surface area contributed by atoms with Gasteiger partial charge in [0.15, 0.2) is 5.11 Å². The first kappa shape index (κ1) is 23.3. The summed E-state index contributed by atoms with van der Waals surface area (Å²) in [6, 6.07) is 16.6. The maximum Gasteiger partial charge on any atom is 0.253 e. The zero-order chi connectivity index (χ0) is 23.2. The maximum absolute atomic E-state index is 12.9. The molecule has 1 saturated carbocycles. The molecule has 0 atom stereocenters. The molecule has 174 valence electrons. The summed E-state index contributed by atoms with van der Waals surface area (Å²) in [5, 5.41) is 5.34. The number of rotatable bonds is 7. The lowest BCUT2D eigenvalue weighted by molar-refractivity contribution is 0.362. The predicted molar refractivity (Wildman–Crippen MR) is 139 cm³/mol. The number of thiocarbonyl (C=S) groups is 1. The lowest BCUT2D eigenvalue weighted by atomic mass is 9.96. The molecule has 1 fully saturated rings. The van der Waals surface area contributed by atoms with Crippen LogP contribution in [0.3, 0.4) is 0 Å². The standard InChI is InChI=1S/C27H33N3O2S/c1-3-19-11-14-25-21(15-19)16-22(26(31)29-25)18-30(17-20-9-12-24(32-2)13-10-20)27(33)28-23-7-5-4-6-8-23/h9-16,23H,3-8,17-18H2,1-2H3,(H,28,33)(H,29,31). The summed E-state index contributed by atoms with van der Waals surface area (Å²) < 4.78 is 5.30. The molecular weight excluding hydrogens is 430 g/mol. The minimum atomic E-state index is -0.0630. The lowest BCUT2D eigenvalue weighted by Crippen LogP contribution is -2.45. The number of fused-ring (bicyclic) bond motifs is 1. The van der Waals surface area contributed by atoms with Crippen molar-refractivity contribution >= 4 is 28.2 Å². The fraction of sp³-hybridized carbons (Fsp3) is 0.407. The Balaban J connectivity index is 1.60. The number of benzene rings is 2. The van der Waals surface area contributed by atoms with Crippen LogP contribution in [0.2, 0.25) is 0 Å². The minimum absolute atomic E-state index is 0.0630. The van der Waals surface area contributed by atoms with Crippen molar-refractivity contribution in [2.45, 2.75) is 64.6 Å². The number of methoxy groups -OCH3 is 1. The fourth-order valence-electron chi connectivity index (χ4n) is 4.51. The highest BCUT2D eigenvalue weighted by atomic mass is 32.1. The number of hydrogen-bond acceptors (Lipinski definition) is 3. The molecule has 1 heterocycles. The SMILES string of the molecule is CCc1ccc2[nH]c(=O)c(CN(Cc3ccc(OC)cc3)C(=S)NC3CCCCC3)cc2c1. The molecule has 1 aromatic heterocycles. The molecule has 0 unspecified atom stereocenters. The number of H-pyrrole nitrogens is 1. The van der Waals surface area contributed by atoms with E-state index in [1.807, 2.05) is 36.4 Å². The number of nitrogens with zero attached hydrogens (tertiary/aromatic N) is 1. The number of ether oxygens (including phenoxy) is 1. The zero-order valence-corrected chi connectivity index (χ0v) is 20.3. The third-order valence-corrected chi connectivity index (χ3v) is 6.88. The number of hydrogen-bond donors (Lipinski definition) is 2. The first-order valence-electron chi connectivity index (χ1n) is 11.9. The Morgan fingerprint density at radius 2 is 1.79 bits per heavy atom. The third-order valence-electron chi connectivity index (χ3n) is 6.51. The van der Waals surface area contributed by atoms with Crippen molar-refractivity contribution in [2.24, 2.45) is 0 Å². The second-order valence-electron chi connectivity index (χ2n) is 8.89. The number of aromatic amines is 1. The molecule has 0 spiro atoms. The number of aromatic nitrogens is 1. The monoisotopic (exact) mass is 463 g/mol. The van der Waals surface area contributed by atoms with Crippen LogP contribution in [0.4, 0.5) is 0 Å². The highest BCUT2D eigenvalue weighted by Gasteiger charge is 2.19. The van der Waals surface area contributed by atoms with Gasteiger partial charge in [0.2, 0.25) is 0 Å². The summed E-state index contributed by atoms with van der Waals surface area (Å²) in [5.41, 5.74) is 3.90. The van der Waals surface area contributed by atoms with E-state index in [-0.39, 0.29) is 5.56 Å². The molecule has 2 N–H and O–H groups in total. The summed E-state index contributed by atoms with van der Waals surface area (Å²) in [4.78, 5) is 18.1. The minimum Gasteiger partial charge on any atom is -0.497 e. The number of nitrogens with one attached hydrogen (secondary N) is 2. The van der Waals surface area contributed by atoms with Crippen LogP contribution in [0.15, 0.2) is 53.3 Å². The van der Waals surface area contributed by atoms with Crippen molar-refractivity contribution in [3.63, 3.8) is 0 Å². The third kappa shape index (κ3) is 5.93. The normalized spacial score (nSPS) is 14.2. The summed E-state index contributed by atoms with van der Waals surface area (Å²) in [6.07, 6.45) is 7.03. The van der Waals surface area contributed by atoms with Crippen LogP contribution in [0, 0.1) is 0 Å². The summed E-state index contributed by atoms with van der Waals surface area (Å²) in [7, 11) is 1.67. The van der Waals surface area contributed by atoms with Gasteiger partial charge in [-0.25, -0.2) is 0 Å². The molecule has 0 radical (unpaired) electrons. The molecule has 2 aromatic carbocycles. The van der Waals surface area contributed by atoms with Gasteiger partial charge in [0.1, 0.15) is 5.75 Å². The molecule has 33 heavy (non-hydrogen) atoms. The second kappa shape index (κ2) is 10.8. The molecular formula is C27H33N3O2S. The Morgan fingerprint density at radius 1 is 1.06 bits per heavy atom. The van der Waals surface area contributed by atoms with Gasteiger partial charge in [-0.2, -0.15) is 0 Å². The highest BCUT2D eigenvalue weighted by molar-refractivity contribution is 7.80. The van der Waals surface area contributed by atoms with Gasteiger partial charge >= 0.3 is 0 Å². The van der Waals surface area contributed by atoms with Gasteiger partial charge in [0.25, 0.3) is 5.56 Å². The maximum atomic E-state index is 12.9. The number of pyridine rings is 1. The van der Waals surface area contributed by atoms with Crippen LogP contribution in [-0.4, -0.2) is 28.1 Å². The van der Waals surface area contributed by atoms with E-state index in [9.17, 15) is 4.79 Å². The Labute approximate surface area is 201 Å². The van der Waals surface area contributed by atoms with E-state index in [0.717, 1.165) is 47.0 Å². The van der Waals surface area contributed by atoms with Crippen molar-refractivity contribution in [1.82, 2.24) is 15.2 Å². The van der Waals surface area contributed by atoms with Gasteiger partial charge in [-0.15, -0.1) is 0 Å². The van der Waals surface area contributed by atoms with Gasteiger partial charge in [0.05, 0.1) is 13.7 Å². The molecule has 0 amide bonds. The summed E-state index contributed by atoms with van der Waals surface area (Å²) >= 11 is 5.86. The van der Waals surface area contributed by atoms with Gasteiger partial charge in [-0.05, 0) is 78.3 Å². The number of aryl methyl sites for hydroxylation is 1. The van der Waals surface area contributed by atoms with Gasteiger partial charge in [0, 0.05) is 23.7 Å². The molecule has 5 nitrogen and oxygen atoms in total. The Hall–Kier alpha value is -2.86. The first-order chi connectivity index (χ1) is 16.1. The van der Waals surface area contributed by atoms with Crippen LogP contribution in [0.25, 0.3) is 10.9 Å². The molecule has 0 saturated heterocycles. The zero-order valence-electron chi connectivity index (χ0n) is 19.5. The molecule has 4 rings (SSSR count). The van der Waals surface area contributed by atoms with Gasteiger partial charge in [-0.1, -0.05) is 44.4 Å². The van der Waals surface area contributed by atoms with Crippen molar-refractivity contribution in [1.29, 1.82) is 0 Å². The second-order valence-corrected chi connectivity index (χ2v) is 9.27. The molecule has 0 bridgehead atoms. The van der Waals surface area contributed by atoms with Crippen LogP contribution < -0.4 is 15.6 Å². The van der Waals surface area contributed by atoms with Gasteiger partial charge in [-0.3, -0.25) is 4.79 Å². The summed E-state index contributed by atoms with van der Waals surface area (Å²) in [6.45, 7) is 3.21. The quantitative estimate of drug-likeness (QED) is 0.465. The summed E-state index contributed by atoms with van der Waals surface area (Å²) in [5.74, 6) is 0.825. The molecule has 0 aliphatic heterocycles. The Kier molecular flexibility index (Phi) is 7.65. The van der Waals surface area contributed by atoms with Gasteiger partial charge < -0.3 is 19.9 Å². The smallest absolute Gasteiger partial charge is 0.253 e. The molecule has 1 aliphatic rings. The van der Waals surface area contributed by atoms with E-state index in [1.54, 1.807) is 7.11 Å². The van der Waals surface area contributed by atoms with Crippen molar-refractivity contribution in [2.75, 3.05) is 7.11 Å². The largest absolute Gasteiger partial charge is 0.497 e. The highest BCUT2D eigenvalue weighted by Crippen LogP contribution is 2.20.